The largest absolute Gasteiger partial charge is 0.490 e. The summed E-state index contributed by atoms with van der Waals surface area (Å²) in [5.41, 5.74) is 12.7. The molecule has 5 heteroatoms. The summed E-state index contributed by atoms with van der Waals surface area (Å²) in [7, 11) is 0. The van der Waals surface area contributed by atoms with Gasteiger partial charge in [0.25, 0.3) is 0 Å². The fourth-order valence-corrected chi connectivity index (χ4v) is 2.84. The average molecular weight is 357 g/mol. The van der Waals surface area contributed by atoms with Crippen molar-refractivity contribution in [3.8, 4) is 17.2 Å². The van der Waals surface area contributed by atoms with Crippen molar-refractivity contribution in [3.05, 3.63) is 42.5 Å². The summed E-state index contributed by atoms with van der Waals surface area (Å²) in [4.78, 5) is 2.49. The van der Waals surface area contributed by atoms with Crippen LogP contribution in [-0.4, -0.2) is 31.1 Å². The maximum Gasteiger partial charge on any atom is 0.169 e. The molecular weight excluding hydrogens is 326 g/mol. The molecule has 0 bridgehead atoms. The molecule has 0 heterocycles. The Kier molecular flexibility index (Phi) is 8.09. The number of anilines is 2. The van der Waals surface area contributed by atoms with Gasteiger partial charge in [0, 0.05) is 12.6 Å². The van der Waals surface area contributed by atoms with Crippen molar-refractivity contribution in [2.24, 2.45) is 0 Å². The first-order valence-electron chi connectivity index (χ1n) is 9.41. The average Bonchev–Trinajstić information content (AvgIpc) is 2.63. The van der Waals surface area contributed by atoms with E-state index in [1.165, 1.54) is 12.8 Å². The number of rotatable bonds is 11. The highest BCUT2D eigenvalue weighted by molar-refractivity contribution is 5.65. The molecule has 4 N–H and O–H groups in total. The van der Waals surface area contributed by atoms with E-state index in [-0.39, 0.29) is 0 Å². The van der Waals surface area contributed by atoms with Crippen LogP contribution in [0.5, 0.6) is 17.2 Å². The van der Waals surface area contributed by atoms with Gasteiger partial charge in [-0.2, -0.15) is 0 Å². The summed E-state index contributed by atoms with van der Waals surface area (Å²) in [6, 6.07) is 12.9. The number of hydrogen-bond donors (Lipinski definition) is 2. The molecule has 26 heavy (non-hydrogen) atoms. The first-order valence-corrected chi connectivity index (χ1v) is 9.41. The maximum atomic E-state index is 5.96. The van der Waals surface area contributed by atoms with E-state index in [1.807, 2.05) is 24.3 Å². The Morgan fingerprint density at radius 2 is 1.54 bits per heavy atom. The minimum Gasteiger partial charge on any atom is -0.490 e. The van der Waals surface area contributed by atoms with E-state index in [4.69, 9.17) is 20.9 Å². The lowest BCUT2D eigenvalue weighted by molar-refractivity contribution is 0.231. The number of hydrogen-bond acceptors (Lipinski definition) is 5. The summed E-state index contributed by atoms with van der Waals surface area (Å²) in [6.07, 6.45) is 3.35. The summed E-state index contributed by atoms with van der Waals surface area (Å²) in [5.74, 6) is 2.06. The van der Waals surface area contributed by atoms with Gasteiger partial charge < -0.3 is 25.8 Å². The summed E-state index contributed by atoms with van der Waals surface area (Å²) >= 11 is 0. The van der Waals surface area contributed by atoms with Crippen LogP contribution in [0, 0.1) is 0 Å². The Morgan fingerprint density at radius 1 is 0.846 bits per heavy atom. The zero-order chi connectivity index (χ0) is 18.8. The van der Waals surface area contributed by atoms with E-state index in [2.05, 4.69) is 18.7 Å². The first-order chi connectivity index (χ1) is 12.6. The molecule has 0 unspecified atom stereocenters. The molecule has 0 saturated heterocycles. The van der Waals surface area contributed by atoms with Crippen LogP contribution in [0.2, 0.25) is 0 Å². The van der Waals surface area contributed by atoms with Crippen LogP contribution < -0.4 is 20.9 Å². The molecule has 2 aromatic carbocycles. The molecule has 0 aliphatic rings. The molecule has 2 rings (SSSR count). The van der Waals surface area contributed by atoms with Crippen LogP contribution in [0.3, 0.4) is 0 Å². The fourth-order valence-electron chi connectivity index (χ4n) is 2.84. The number of para-hydroxylation sites is 2. The molecule has 2 aromatic rings. The third kappa shape index (κ3) is 6.15. The highest BCUT2D eigenvalue weighted by atomic mass is 16.5. The van der Waals surface area contributed by atoms with Crippen LogP contribution in [0.25, 0.3) is 0 Å². The van der Waals surface area contributed by atoms with Crippen LogP contribution in [0.4, 0.5) is 11.4 Å². The topological polar surface area (TPSA) is 73.7 Å². The second-order valence-corrected chi connectivity index (χ2v) is 6.38. The molecule has 0 saturated carbocycles. The highest BCUT2D eigenvalue weighted by Gasteiger charge is 2.08. The van der Waals surface area contributed by atoms with Crippen molar-refractivity contribution in [2.75, 3.05) is 37.7 Å². The molecule has 0 spiro atoms. The van der Waals surface area contributed by atoms with Crippen LogP contribution in [-0.2, 0) is 0 Å². The number of benzene rings is 2. The quantitative estimate of drug-likeness (QED) is 0.456. The minimum absolute atomic E-state index is 0.507. The third-order valence-corrected chi connectivity index (χ3v) is 4.09. The zero-order valence-corrected chi connectivity index (χ0v) is 15.9. The number of nitrogens with two attached hydrogens (primary N) is 2. The van der Waals surface area contributed by atoms with Gasteiger partial charge in [-0.1, -0.05) is 26.0 Å². The van der Waals surface area contributed by atoms with Crippen molar-refractivity contribution in [3.63, 3.8) is 0 Å². The van der Waals surface area contributed by atoms with Gasteiger partial charge in [0.1, 0.15) is 5.75 Å². The molecule has 0 radical (unpaired) electrons. The van der Waals surface area contributed by atoms with Crippen molar-refractivity contribution >= 4 is 11.4 Å². The lowest BCUT2D eigenvalue weighted by Crippen LogP contribution is -2.27. The van der Waals surface area contributed by atoms with Crippen LogP contribution in [0.1, 0.15) is 33.1 Å². The van der Waals surface area contributed by atoms with E-state index in [0.29, 0.717) is 29.5 Å². The number of nitrogen functional groups attached to an aromatic ring is 2. The lowest BCUT2D eigenvalue weighted by Gasteiger charge is -2.21. The second kappa shape index (κ2) is 10.6. The molecular formula is C21H31N3O2. The Hall–Kier alpha value is -2.40. The third-order valence-electron chi connectivity index (χ3n) is 4.09. The Labute approximate surface area is 156 Å². The van der Waals surface area contributed by atoms with E-state index < -0.39 is 0 Å². The van der Waals surface area contributed by atoms with Crippen LogP contribution in [0.15, 0.2) is 42.5 Å². The van der Waals surface area contributed by atoms with Gasteiger partial charge in [-0.25, -0.2) is 0 Å². The van der Waals surface area contributed by atoms with Crippen molar-refractivity contribution < 1.29 is 9.47 Å². The Bertz CT molecular complexity index is 670. The minimum atomic E-state index is 0.507. The van der Waals surface area contributed by atoms with Gasteiger partial charge in [-0.15, -0.1) is 0 Å². The monoisotopic (exact) mass is 357 g/mol. The van der Waals surface area contributed by atoms with E-state index >= 15 is 0 Å². The van der Waals surface area contributed by atoms with Crippen molar-refractivity contribution in [1.29, 1.82) is 0 Å². The van der Waals surface area contributed by atoms with E-state index in [0.717, 1.165) is 31.8 Å². The molecule has 0 aliphatic heterocycles. The van der Waals surface area contributed by atoms with Crippen molar-refractivity contribution in [2.45, 2.75) is 33.1 Å². The smallest absolute Gasteiger partial charge is 0.169 e. The lowest BCUT2D eigenvalue weighted by atomic mass is 10.2. The summed E-state index contributed by atoms with van der Waals surface area (Å²) in [5, 5.41) is 0. The standard InChI is InChI=1S/C21H31N3O2/c1-3-12-24(13-4-2)14-7-15-25-20-8-5-6-9-21(20)26-17-10-11-18(22)19(23)16-17/h5-6,8-11,16H,3-4,7,12-15,22-23H2,1-2H3. The van der Waals surface area contributed by atoms with Gasteiger partial charge in [0.05, 0.1) is 18.0 Å². The highest BCUT2D eigenvalue weighted by Crippen LogP contribution is 2.33. The van der Waals surface area contributed by atoms with E-state index in [1.54, 1.807) is 18.2 Å². The van der Waals surface area contributed by atoms with Gasteiger partial charge in [0.15, 0.2) is 11.5 Å². The van der Waals surface area contributed by atoms with Gasteiger partial charge >= 0.3 is 0 Å². The predicted molar refractivity (Wildman–Crippen MR) is 109 cm³/mol. The Morgan fingerprint density at radius 3 is 2.19 bits per heavy atom. The second-order valence-electron chi connectivity index (χ2n) is 6.38. The van der Waals surface area contributed by atoms with E-state index in [9.17, 15) is 0 Å². The van der Waals surface area contributed by atoms with Gasteiger partial charge in [0.2, 0.25) is 0 Å². The molecule has 5 nitrogen and oxygen atoms in total. The van der Waals surface area contributed by atoms with Crippen LogP contribution >= 0.6 is 0 Å². The Balaban J connectivity index is 1.91. The normalized spacial score (nSPS) is 10.9. The first kappa shape index (κ1) is 19.9. The zero-order valence-electron chi connectivity index (χ0n) is 15.9. The molecule has 0 aliphatic carbocycles. The molecule has 0 amide bonds. The SMILES string of the molecule is CCCN(CCC)CCCOc1ccccc1Oc1ccc(N)c(N)c1. The van der Waals surface area contributed by atoms with Gasteiger partial charge in [-0.3, -0.25) is 0 Å². The summed E-state index contributed by atoms with van der Waals surface area (Å²) < 4.78 is 11.9. The fraction of sp³-hybridized carbons (Fsp3) is 0.429. The molecule has 0 fully saturated rings. The maximum absolute atomic E-state index is 5.96. The predicted octanol–water partition coefficient (Wildman–Crippen LogP) is 4.53. The molecule has 0 atom stereocenters. The molecule has 142 valence electrons. The number of nitrogens with zero attached hydrogens (tertiary/aromatic N) is 1. The van der Waals surface area contributed by atoms with Gasteiger partial charge in [-0.05, 0) is 56.6 Å². The van der Waals surface area contributed by atoms with Crippen molar-refractivity contribution in [1.82, 2.24) is 4.90 Å². The summed E-state index contributed by atoms with van der Waals surface area (Å²) in [6.45, 7) is 8.44. The molecule has 0 aromatic heterocycles. The number of ether oxygens (including phenoxy) is 2.